The molecule has 8 nitrogen and oxygen atoms in total. The van der Waals surface area contributed by atoms with E-state index < -0.39 is 10.8 Å². The molecule has 1 amide bonds. The minimum absolute atomic E-state index is 0.0155. The van der Waals surface area contributed by atoms with Gasteiger partial charge in [0.15, 0.2) is 0 Å². The zero-order valence-corrected chi connectivity index (χ0v) is 19.9. The molecule has 0 radical (unpaired) electrons. The minimum atomic E-state index is -0.468. The van der Waals surface area contributed by atoms with Crippen LogP contribution in [0.2, 0.25) is 0 Å². The summed E-state index contributed by atoms with van der Waals surface area (Å²) in [5.74, 6) is 0.186. The Morgan fingerprint density at radius 1 is 1.06 bits per heavy atom. The highest BCUT2D eigenvalue weighted by Gasteiger charge is 2.15. The Hall–Kier alpha value is -4.11. The highest BCUT2D eigenvalue weighted by molar-refractivity contribution is 9.10. The highest BCUT2D eigenvalue weighted by atomic mass is 79.9. The van der Waals surface area contributed by atoms with Crippen LogP contribution in [-0.2, 0) is 0 Å². The Morgan fingerprint density at radius 3 is 2.41 bits per heavy atom. The summed E-state index contributed by atoms with van der Waals surface area (Å²) >= 11 is 3.43. The SMILES string of the molecule is COc1ccc2nc(-c3ccc(Br)cc3)cc(C(=O)NN=C(C)c3ccc([N+](=O)[O-])cc3)c2c1. The zero-order chi connectivity index (χ0) is 24.2. The van der Waals surface area contributed by atoms with Crippen molar-refractivity contribution in [2.45, 2.75) is 6.92 Å². The van der Waals surface area contributed by atoms with Crippen LogP contribution in [0.5, 0.6) is 5.75 Å². The lowest BCUT2D eigenvalue weighted by Gasteiger charge is -2.11. The molecule has 1 aromatic heterocycles. The molecule has 0 aliphatic rings. The predicted octanol–water partition coefficient (Wildman–Crippen LogP) is 5.74. The lowest BCUT2D eigenvalue weighted by atomic mass is 10.0. The van der Waals surface area contributed by atoms with E-state index in [-0.39, 0.29) is 5.69 Å². The molecule has 0 unspecified atom stereocenters. The molecule has 0 aliphatic heterocycles. The first-order valence-corrected chi connectivity index (χ1v) is 11.0. The van der Waals surface area contributed by atoms with Crippen molar-refractivity contribution in [3.05, 3.63) is 98.5 Å². The maximum Gasteiger partial charge on any atom is 0.272 e. The molecule has 0 spiro atoms. The molecule has 0 atom stereocenters. The molecule has 9 heteroatoms. The van der Waals surface area contributed by atoms with Gasteiger partial charge >= 0.3 is 0 Å². The van der Waals surface area contributed by atoms with Gasteiger partial charge in [-0.15, -0.1) is 0 Å². The van der Waals surface area contributed by atoms with Gasteiger partial charge in [-0.2, -0.15) is 5.10 Å². The Labute approximate surface area is 203 Å². The second kappa shape index (κ2) is 9.80. The third kappa shape index (κ3) is 4.94. The van der Waals surface area contributed by atoms with Crippen LogP contribution in [0.4, 0.5) is 5.69 Å². The number of aromatic nitrogens is 1. The van der Waals surface area contributed by atoms with E-state index in [1.807, 2.05) is 24.3 Å². The number of ether oxygens (including phenoxy) is 1. The summed E-state index contributed by atoms with van der Waals surface area (Å²) in [6.07, 6.45) is 0. The Bertz CT molecular complexity index is 1420. The van der Waals surface area contributed by atoms with Crippen LogP contribution in [0.3, 0.4) is 0 Å². The Morgan fingerprint density at radius 2 is 1.76 bits per heavy atom. The molecule has 170 valence electrons. The third-order valence-corrected chi connectivity index (χ3v) is 5.75. The average Bonchev–Trinajstić information content (AvgIpc) is 2.86. The van der Waals surface area contributed by atoms with Crippen molar-refractivity contribution in [2.75, 3.05) is 7.11 Å². The molecule has 0 bridgehead atoms. The number of non-ortho nitro benzene ring substituents is 1. The number of nitro benzene ring substituents is 1. The molecule has 0 fully saturated rings. The van der Waals surface area contributed by atoms with Crippen LogP contribution in [0.15, 0.2) is 82.4 Å². The van der Waals surface area contributed by atoms with Crippen molar-refractivity contribution in [3.63, 3.8) is 0 Å². The maximum atomic E-state index is 13.2. The lowest BCUT2D eigenvalue weighted by molar-refractivity contribution is -0.384. The number of benzene rings is 3. The number of nitro groups is 1. The van der Waals surface area contributed by atoms with Gasteiger partial charge < -0.3 is 4.74 Å². The maximum absolute atomic E-state index is 13.2. The molecule has 34 heavy (non-hydrogen) atoms. The molecular formula is C25H19BrN4O4. The number of methoxy groups -OCH3 is 1. The number of hydrazone groups is 1. The van der Waals surface area contributed by atoms with Crippen LogP contribution in [0.1, 0.15) is 22.8 Å². The summed E-state index contributed by atoms with van der Waals surface area (Å²) in [5.41, 5.74) is 6.28. The van der Waals surface area contributed by atoms with Crippen LogP contribution in [-0.4, -0.2) is 28.6 Å². The Balaban J connectivity index is 1.70. The number of hydrogen-bond donors (Lipinski definition) is 1. The number of nitrogens with one attached hydrogen (secondary N) is 1. The van der Waals surface area contributed by atoms with Crippen molar-refractivity contribution in [1.82, 2.24) is 10.4 Å². The van der Waals surface area contributed by atoms with Gasteiger partial charge in [-0.1, -0.05) is 28.1 Å². The van der Waals surface area contributed by atoms with E-state index >= 15 is 0 Å². The average molecular weight is 519 g/mol. The fourth-order valence-corrected chi connectivity index (χ4v) is 3.64. The molecule has 0 saturated carbocycles. The van der Waals surface area contributed by atoms with Gasteiger partial charge in [-0.3, -0.25) is 14.9 Å². The number of carbonyl (C=O) groups is 1. The molecule has 1 N–H and O–H groups in total. The van der Waals surface area contributed by atoms with Crippen LogP contribution in [0.25, 0.3) is 22.2 Å². The molecule has 4 rings (SSSR count). The predicted molar refractivity (Wildman–Crippen MR) is 134 cm³/mol. The van der Waals surface area contributed by atoms with Crippen molar-refractivity contribution < 1.29 is 14.5 Å². The van der Waals surface area contributed by atoms with Gasteiger partial charge in [0.1, 0.15) is 5.75 Å². The number of amides is 1. The monoisotopic (exact) mass is 518 g/mol. The fourth-order valence-electron chi connectivity index (χ4n) is 3.37. The third-order valence-electron chi connectivity index (χ3n) is 5.22. The van der Waals surface area contributed by atoms with E-state index in [0.717, 1.165) is 10.0 Å². The lowest BCUT2D eigenvalue weighted by Crippen LogP contribution is -2.20. The molecule has 3 aromatic carbocycles. The van der Waals surface area contributed by atoms with Crippen LogP contribution < -0.4 is 10.2 Å². The minimum Gasteiger partial charge on any atom is -0.497 e. The van der Waals surface area contributed by atoms with E-state index in [4.69, 9.17) is 9.72 Å². The number of fused-ring (bicyclic) bond motifs is 1. The van der Waals surface area contributed by atoms with E-state index in [1.165, 1.54) is 12.1 Å². The number of nitrogens with zero attached hydrogens (tertiary/aromatic N) is 3. The van der Waals surface area contributed by atoms with Crippen molar-refractivity contribution in [2.24, 2.45) is 5.10 Å². The van der Waals surface area contributed by atoms with Crippen LogP contribution >= 0.6 is 15.9 Å². The zero-order valence-electron chi connectivity index (χ0n) is 18.3. The number of rotatable bonds is 6. The second-order valence-electron chi connectivity index (χ2n) is 7.39. The first kappa shape index (κ1) is 23.1. The number of pyridine rings is 1. The first-order chi connectivity index (χ1) is 16.4. The molecule has 4 aromatic rings. The summed E-state index contributed by atoms with van der Waals surface area (Å²) in [7, 11) is 1.56. The number of hydrogen-bond acceptors (Lipinski definition) is 6. The standard InChI is InChI=1S/C25H19BrN4O4/c1-15(16-5-9-19(10-6-16)30(32)33)28-29-25(31)22-14-24(17-3-7-18(26)8-4-17)27-23-12-11-20(34-2)13-21(22)23/h3-14H,1-2H3,(H,29,31). The number of carbonyl (C=O) groups excluding carboxylic acids is 1. The highest BCUT2D eigenvalue weighted by Crippen LogP contribution is 2.28. The largest absolute Gasteiger partial charge is 0.497 e. The summed E-state index contributed by atoms with van der Waals surface area (Å²) in [6, 6.07) is 20.7. The summed E-state index contributed by atoms with van der Waals surface area (Å²) < 4.78 is 6.27. The van der Waals surface area contributed by atoms with Gasteiger partial charge in [-0.05, 0) is 61.0 Å². The van der Waals surface area contributed by atoms with E-state index in [0.29, 0.717) is 39.2 Å². The summed E-state index contributed by atoms with van der Waals surface area (Å²) in [4.78, 5) is 28.3. The van der Waals surface area contributed by atoms with Crippen molar-refractivity contribution >= 4 is 44.1 Å². The van der Waals surface area contributed by atoms with Gasteiger partial charge in [0.05, 0.1) is 34.5 Å². The topological polar surface area (TPSA) is 107 Å². The van der Waals surface area contributed by atoms with Gasteiger partial charge in [0.2, 0.25) is 0 Å². The summed E-state index contributed by atoms with van der Waals surface area (Å²) in [6.45, 7) is 1.71. The smallest absolute Gasteiger partial charge is 0.272 e. The normalized spacial score (nSPS) is 11.3. The number of halogens is 1. The van der Waals surface area contributed by atoms with Crippen LogP contribution in [0, 0.1) is 10.1 Å². The molecule has 0 saturated heterocycles. The fraction of sp³-hybridized carbons (Fsp3) is 0.0800. The molecule has 0 aliphatic carbocycles. The van der Waals surface area contributed by atoms with Crippen molar-refractivity contribution in [3.8, 4) is 17.0 Å². The molecule has 1 heterocycles. The Kier molecular flexibility index (Phi) is 6.65. The van der Waals surface area contributed by atoms with Gasteiger partial charge in [0, 0.05) is 27.6 Å². The molecular weight excluding hydrogens is 500 g/mol. The van der Waals surface area contributed by atoms with Crippen molar-refractivity contribution in [1.29, 1.82) is 0 Å². The van der Waals surface area contributed by atoms with E-state index in [1.54, 1.807) is 50.4 Å². The van der Waals surface area contributed by atoms with E-state index in [2.05, 4.69) is 26.5 Å². The van der Waals surface area contributed by atoms with Gasteiger partial charge in [0.25, 0.3) is 11.6 Å². The van der Waals surface area contributed by atoms with Gasteiger partial charge in [-0.25, -0.2) is 10.4 Å². The quantitative estimate of drug-likeness (QED) is 0.199. The summed E-state index contributed by atoms with van der Waals surface area (Å²) in [5, 5.41) is 15.7. The second-order valence-corrected chi connectivity index (χ2v) is 8.30. The van der Waals surface area contributed by atoms with E-state index in [9.17, 15) is 14.9 Å². The first-order valence-electron chi connectivity index (χ1n) is 10.2.